The molecule has 0 radical (unpaired) electrons. The Balaban J connectivity index is 2.72. The molecule has 108 valence electrons. The number of nitrogens with zero attached hydrogens (tertiary/aromatic N) is 1. The summed E-state index contributed by atoms with van der Waals surface area (Å²) in [5.41, 5.74) is 11.9. The lowest BCUT2D eigenvalue weighted by molar-refractivity contribution is 0.575. The Labute approximate surface area is 125 Å². The molecule has 20 heavy (non-hydrogen) atoms. The van der Waals surface area contributed by atoms with Crippen LogP contribution in [0.3, 0.4) is 0 Å². The van der Waals surface area contributed by atoms with Gasteiger partial charge in [-0.05, 0) is 35.8 Å². The van der Waals surface area contributed by atoms with E-state index in [1.165, 1.54) is 23.0 Å². The standard InChI is InChI=1S/C16H23N3S/c1-5-11-8-12(13(18)6-7-17)15-14(9-11)19(20-4)10-16(15,2)3/h6-9,17H,5,10,18H2,1-4H3/b13-6-,17-7?. The molecule has 1 aromatic carbocycles. The predicted octanol–water partition coefficient (Wildman–Crippen LogP) is 3.57. The first-order valence-corrected chi connectivity index (χ1v) is 8.08. The molecule has 0 fully saturated rings. The topological polar surface area (TPSA) is 53.1 Å². The highest BCUT2D eigenvalue weighted by molar-refractivity contribution is 8.00. The Morgan fingerprint density at radius 1 is 1.50 bits per heavy atom. The number of hydrogen-bond acceptors (Lipinski definition) is 4. The van der Waals surface area contributed by atoms with Crippen LogP contribution in [-0.2, 0) is 11.8 Å². The fourth-order valence-corrected chi connectivity index (χ4v) is 3.68. The van der Waals surface area contributed by atoms with Crippen molar-refractivity contribution in [2.45, 2.75) is 32.6 Å². The van der Waals surface area contributed by atoms with Crippen LogP contribution >= 0.6 is 11.9 Å². The van der Waals surface area contributed by atoms with E-state index in [0.29, 0.717) is 5.70 Å². The van der Waals surface area contributed by atoms with Crippen molar-refractivity contribution < 1.29 is 0 Å². The number of allylic oxidation sites excluding steroid dienone is 1. The van der Waals surface area contributed by atoms with E-state index in [1.807, 2.05) is 0 Å². The molecule has 0 aliphatic carbocycles. The zero-order valence-electron chi connectivity index (χ0n) is 12.7. The van der Waals surface area contributed by atoms with Crippen molar-refractivity contribution >= 4 is 29.5 Å². The molecule has 1 aliphatic rings. The van der Waals surface area contributed by atoms with Gasteiger partial charge < -0.3 is 15.4 Å². The summed E-state index contributed by atoms with van der Waals surface area (Å²) < 4.78 is 2.34. The van der Waals surface area contributed by atoms with Gasteiger partial charge in [-0.2, -0.15) is 0 Å². The van der Waals surface area contributed by atoms with Gasteiger partial charge in [0, 0.05) is 35.7 Å². The van der Waals surface area contributed by atoms with E-state index >= 15 is 0 Å². The summed E-state index contributed by atoms with van der Waals surface area (Å²) in [6.45, 7) is 7.66. The van der Waals surface area contributed by atoms with Crippen molar-refractivity contribution in [2.24, 2.45) is 5.73 Å². The lowest BCUT2D eigenvalue weighted by Crippen LogP contribution is -2.24. The second kappa shape index (κ2) is 5.52. The van der Waals surface area contributed by atoms with Gasteiger partial charge in [0.05, 0.1) is 5.69 Å². The third kappa shape index (κ3) is 2.44. The highest BCUT2D eigenvalue weighted by Gasteiger charge is 2.37. The van der Waals surface area contributed by atoms with Crippen LogP contribution in [-0.4, -0.2) is 19.0 Å². The smallest absolute Gasteiger partial charge is 0.0517 e. The zero-order chi connectivity index (χ0) is 14.9. The monoisotopic (exact) mass is 289 g/mol. The Kier molecular flexibility index (Phi) is 4.14. The van der Waals surface area contributed by atoms with Gasteiger partial charge in [-0.3, -0.25) is 0 Å². The van der Waals surface area contributed by atoms with Gasteiger partial charge in [0.2, 0.25) is 0 Å². The summed E-state index contributed by atoms with van der Waals surface area (Å²) in [6, 6.07) is 4.46. The van der Waals surface area contributed by atoms with E-state index in [4.69, 9.17) is 11.1 Å². The maximum atomic E-state index is 7.26. The molecule has 0 spiro atoms. The van der Waals surface area contributed by atoms with Crippen LogP contribution < -0.4 is 10.0 Å². The van der Waals surface area contributed by atoms with Crippen LogP contribution in [0.5, 0.6) is 0 Å². The lowest BCUT2D eigenvalue weighted by Gasteiger charge is -2.21. The number of aryl methyl sites for hydroxylation is 1. The second-order valence-corrected chi connectivity index (χ2v) is 6.59. The average molecular weight is 289 g/mol. The van der Waals surface area contributed by atoms with Crippen molar-refractivity contribution in [1.82, 2.24) is 0 Å². The van der Waals surface area contributed by atoms with Crippen molar-refractivity contribution in [2.75, 3.05) is 17.1 Å². The van der Waals surface area contributed by atoms with Gasteiger partial charge >= 0.3 is 0 Å². The molecule has 3 N–H and O–H groups in total. The minimum absolute atomic E-state index is 0.0699. The number of benzene rings is 1. The molecule has 1 aromatic rings. The lowest BCUT2D eigenvalue weighted by atomic mass is 9.82. The molecule has 0 saturated heterocycles. The molecule has 0 atom stereocenters. The molecule has 0 saturated carbocycles. The SMILES string of the molecule is CCc1cc(/C(N)=C/C=N)c2c(c1)N(SC)CC2(C)C. The zero-order valence-corrected chi connectivity index (χ0v) is 13.5. The highest BCUT2D eigenvalue weighted by Crippen LogP contribution is 2.46. The molecule has 1 aliphatic heterocycles. The van der Waals surface area contributed by atoms with E-state index in [9.17, 15) is 0 Å². The minimum atomic E-state index is 0.0699. The Hall–Kier alpha value is -1.42. The molecule has 2 rings (SSSR count). The van der Waals surface area contributed by atoms with Crippen LogP contribution in [0, 0.1) is 5.41 Å². The van der Waals surface area contributed by atoms with E-state index in [2.05, 4.69) is 43.5 Å². The summed E-state index contributed by atoms with van der Waals surface area (Å²) in [7, 11) is 0. The van der Waals surface area contributed by atoms with E-state index in [1.54, 1.807) is 18.0 Å². The number of fused-ring (bicyclic) bond motifs is 1. The van der Waals surface area contributed by atoms with Crippen molar-refractivity contribution in [3.05, 3.63) is 34.9 Å². The van der Waals surface area contributed by atoms with Gasteiger partial charge in [-0.15, -0.1) is 0 Å². The third-order valence-corrected chi connectivity index (χ3v) is 4.63. The number of nitrogens with one attached hydrogen (secondary N) is 1. The summed E-state index contributed by atoms with van der Waals surface area (Å²) >= 11 is 1.76. The van der Waals surface area contributed by atoms with Crippen LogP contribution in [0.25, 0.3) is 5.70 Å². The Morgan fingerprint density at radius 3 is 2.75 bits per heavy atom. The largest absolute Gasteiger partial charge is 0.398 e. The van der Waals surface area contributed by atoms with Gasteiger partial charge in [0.25, 0.3) is 0 Å². The van der Waals surface area contributed by atoms with E-state index in [-0.39, 0.29) is 5.41 Å². The molecule has 0 aromatic heterocycles. The molecular formula is C16H23N3S. The molecular weight excluding hydrogens is 266 g/mol. The highest BCUT2D eigenvalue weighted by atomic mass is 32.2. The van der Waals surface area contributed by atoms with Crippen LogP contribution in [0.15, 0.2) is 18.2 Å². The van der Waals surface area contributed by atoms with Crippen LogP contribution in [0.1, 0.15) is 37.5 Å². The Bertz CT molecular complexity index is 561. The molecule has 3 nitrogen and oxygen atoms in total. The maximum Gasteiger partial charge on any atom is 0.0517 e. The third-order valence-electron chi connectivity index (χ3n) is 3.86. The normalized spacial score (nSPS) is 17.2. The quantitative estimate of drug-likeness (QED) is 0.658. The average Bonchev–Trinajstić information content (AvgIpc) is 2.69. The van der Waals surface area contributed by atoms with Crippen LogP contribution in [0.4, 0.5) is 5.69 Å². The van der Waals surface area contributed by atoms with Crippen LogP contribution in [0.2, 0.25) is 0 Å². The number of rotatable bonds is 4. The van der Waals surface area contributed by atoms with E-state index < -0.39 is 0 Å². The fraction of sp³-hybridized carbons (Fsp3) is 0.438. The first kappa shape index (κ1) is 15.0. The first-order chi connectivity index (χ1) is 9.44. The summed E-state index contributed by atoms with van der Waals surface area (Å²) in [4.78, 5) is 0. The maximum absolute atomic E-state index is 7.26. The van der Waals surface area contributed by atoms with Gasteiger partial charge in [-0.25, -0.2) is 0 Å². The summed E-state index contributed by atoms with van der Waals surface area (Å²) in [6.07, 6.45) is 6.03. The number of anilines is 1. The fourth-order valence-electron chi connectivity index (χ4n) is 2.89. The number of hydrogen-bond donors (Lipinski definition) is 2. The molecule has 0 amide bonds. The van der Waals surface area contributed by atoms with Gasteiger partial charge in [0.15, 0.2) is 0 Å². The van der Waals surface area contributed by atoms with Crippen molar-refractivity contribution in [3.8, 4) is 0 Å². The minimum Gasteiger partial charge on any atom is -0.398 e. The molecule has 1 heterocycles. The summed E-state index contributed by atoms with van der Waals surface area (Å²) in [5.74, 6) is 0. The molecule has 0 unspecified atom stereocenters. The molecule has 4 heteroatoms. The first-order valence-electron chi connectivity index (χ1n) is 6.90. The predicted molar refractivity (Wildman–Crippen MR) is 90.7 cm³/mol. The van der Waals surface area contributed by atoms with E-state index in [0.717, 1.165) is 18.5 Å². The van der Waals surface area contributed by atoms with Crippen molar-refractivity contribution in [1.29, 1.82) is 5.41 Å². The van der Waals surface area contributed by atoms with Gasteiger partial charge in [0.1, 0.15) is 0 Å². The second-order valence-electron chi connectivity index (χ2n) is 5.78. The number of nitrogens with two attached hydrogens (primary N) is 1. The van der Waals surface area contributed by atoms with Gasteiger partial charge in [-0.1, -0.05) is 32.7 Å². The Morgan fingerprint density at radius 2 is 2.20 bits per heavy atom. The molecule has 0 bridgehead atoms. The summed E-state index contributed by atoms with van der Waals surface area (Å²) in [5, 5.41) is 7.26. The van der Waals surface area contributed by atoms with Crippen molar-refractivity contribution in [3.63, 3.8) is 0 Å².